The van der Waals surface area contributed by atoms with Crippen molar-refractivity contribution in [2.45, 2.75) is 13.0 Å². The minimum absolute atomic E-state index is 0.0555. The lowest BCUT2D eigenvalue weighted by Gasteiger charge is -2.34. The monoisotopic (exact) mass is 609 g/mol. The normalized spacial score (nSPS) is 17.3. The molecule has 10 nitrogen and oxygen atoms in total. The number of rotatable bonds is 7. The number of piperazine rings is 1. The van der Waals surface area contributed by atoms with E-state index in [-0.39, 0.29) is 23.4 Å². The van der Waals surface area contributed by atoms with Gasteiger partial charge in [0, 0.05) is 55.1 Å². The standard InChI is InChI=1S/C33H31N5O5S/c1-3-43-32(40)28-29(22-10-6-4-7-11-22)34-33-37(30(28)23-12-8-5-9-13-23)31(39)27(44-33)21-24-20-25(38(41)42)14-15-26(24)36-18-16-35(2)17-19-36/h4-15,20-21,30H,3,16-19H2,1-2H3/b27-21+/t30-/m1/s1. The van der Waals surface area contributed by atoms with Gasteiger partial charge in [-0.25, -0.2) is 9.79 Å². The maximum absolute atomic E-state index is 14.3. The second-order valence-electron chi connectivity index (χ2n) is 10.6. The van der Waals surface area contributed by atoms with Crippen molar-refractivity contribution < 1.29 is 14.5 Å². The second-order valence-corrected chi connectivity index (χ2v) is 11.6. The van der Waals surface area contributed by atoms with E-state index in [1.54, 1.807) is 19.1 Å². The molecular formula is C33H31N5O5S. The molecule has 2 aliphatic heterocycles. The van der Waals surface area contributed by atoms with Crippen LogP contribution >= 0.6 is 11.3 Å². The molecule has 2 aliphatic rings. The van der Waals surface area contributed by atoms with Gasteiger partial charge in [0.25, 0.3) is 11.2 Å². The number of benzene rings is 3. The van der Waals surface area contributed by atoms with Gasteiger partial charge in [-0.1, -0.05) is 72.0 Å². The molecule has 1 saturated heterocycles. The van der Waals surface area contributed by atoms with Crippen LogP contribution < -0.4 is 19.8 Å². The fourth-order valence-corrected chi connectivity index (χ4v) is 6.63. The van der Waals surface area contributed by atoms with Crippen LogP contribution in [0.2, 0.25) is 0 Å². The van der Waals surface area contributed by atoms with Gasteiger partial charge < -0.3 is 14.5 Å². The molecule has 0 spiro atoms. The number of fused-ring (bicyclic) bond motifs is 1. The van der Waals surface area contributed by atoms with Crippen LogP contribution in [-0.4, -0.2) is 60.2 Å². The Morgan fingerprint density at radius 1 is 1.05 bits per heavy atom. The lowest BCUT2D eigenvalue weighted by molar-refractivity contribution is -0.384. The summed E-state index contributed by atoms with van der Waals surface area (Å²) < 4.78 is 7.42. The van der Waals surface area contributed by atoms with Crippen LogP contribution in [0.1, 0.15) is 29.7 Å². The summed E-state index contributed by atoms with van der Waals surface area (Å²) in [7, 11) is 2.06. The highest BCUT2D eigenvalue weighted by molar-refractivity contribution is 7.07. The molecule has 0 aliphatic carbocycles. The van der Waals surface area contributed by atoms with E-state index in [0.717, 1.165) is 43.0 Å². The third-order valence-electron chi connectivity index (χ3n) is 7.84. The van der Waals surface area contributed by atoms with Gasteiger partial charge in [-0.15, -0.1) is 0 Å². The number of non-ortho nitro benzene ring substituents is 1. The summed E-state index contributed by atoms with van der Waals surface area (Å²) >= 11 is 1.20. The van der Waals surface area contributed by atoms with Gasteiger partial charge in [0.2, 0.25) is 0 Å². The summed E-state index contributed by atoms with van der Waals surface area (Å²) in [6, 6.07) is 22.7. The van der Waals surface area contributed by atoms with Crippen molar-refractivity contribution >= 4 is 40.5 Å². The lowest BCUT2D eigenvalue weighted by Crippen LogP contribution is -2.44. The molecule has 44 heavy (non-hydrogen) atoms. The quantitative estimate of drug-likeness (QED) is 0.179. The molecule has 0 amide bonds. The van der Waals surface area contributed by atoms with E-state index in [1.165, 1.54) is 28.0 Å². The first-order valence-corrected chi connectivity index (χ1v) is 15.2. The fraction of sp³-hybridized carbons (Fsp3) is 0.242. The smallest absolute Gasteiger partial charge is 0.338 e. The summed E-state index contributed by atoms with van der Waals surface area (Å²) in [5, 5.41) is 11.7. The molecule has 6 rings (SSSR count). The van der Waals surface area contributed by atoms with E-state index >= 15 is 0 Å². The van der Waals surface area contributed by atoms with Crippen molar-refractivity contribution in [3.05, 3.63) is 131 Å². The molecule has 0 unspecified atom stereocenters. The summed E-state index contributed by atoms with van der Waals surface area (Å²) in [5.41, 5.74) is 3.19. The largest absolute Gasteiger partial charge is 0.463 e. The molecule has 0 bridgehead atoms. The SMILES string of the molecule is CCOC(=O)C1=C(c2ccccc2)N=c2s/c(=C/c3cc([N+](=O)[O-])ccc3N3CCN(C)CC3)c(=O)n2[C@@H]1c1ccccc1. The van der Waals surface area contributed by atoms with E-state index in [2.05, 4.69) is 16.8 Å². The molecule has 224 valence electrons. The molecule has 1 aromatic heterocycles. The third-order valence-corrected chi connectivity index (χ3v) is 8.82. The van der Waals surface area contributed by atoms with E-state index < -0.39 is 16.9 Å². The first kappa shape index (κ1) is 29.2. The van der Waals surface area contributed by atoms with E-state index in [1.807, 2.05) is 60.7 Å². The third kappa shape index (κ3) is 5.59. The number of carbonyl (C=O) groups is 1. The number of hydrogen-bond donors (Lipinski definition) is 0. The van der Waals surface area contributed by atoms with Gasteiger partial charge in [-0.05, 0) is 31.7 Å². The Balaban J connectivity index is 1.60. The fourth-order valence-electron chi connectivity index (χ4n) is 5.64. The Labute approximate surface area is 257 Å². The molecule has 0 saturated carbocycles. The average Bonchev–Trinajstić information content (AvgIpc) is 3.35. The first-order chi connectivity index (χ1) is 21.4. The van der Waals surface area contributed by atoms with Crippen LogP contribution in [0, 0.1) is 10.1 Å². The van der Waals surface area contributed by atoms with Gasteiger partial charge in [0.15, 0.2) is 4.80 Å². The minimum atomic E-state index is -0.786. The lowest BCUT2D eigenvalue weighted by atomic mass is 9.93. The number of nitrogens with zero attached hydrogens (tertiary/aromatic N) is 5. The first-order valence-electron chi connectivity index (χ1n) is 14.4. The minimum Gasteiger partial charge on any atom is -0.463 e. The Hall–Kier alpha value is -4.87. The zero-order valence-corrected chi connectivity index (χ0v) is 25.2. The summed E-state index contributed by atoms with van der Waals surface area (Å²) in [6.07, 6.45) is 1.71. The zero-order chi connectivity index (χ0) is 30.8. The molecule has 3 aromatic carbocycles. The molecular weight excluding hydrogens is 578 g/mol. The predicted molar refractivity (Wildman–Crippen MR) is 170 cm³/mol. The number of likely N-dealkylation sites (N-methyl/N-ethyl adjacent to an activating group) is 1. The molecule has 1 fully saturated rings. The highest BCUT2D eigenvalue weighted by Crippen LogP contribution is 2.35. The second kappa shape index (κ2) is 12.4. The van der Waals surface area contributed by atoms with Gasteiger partial charge in [-0.2, -0.15) is 0 Å². The summed E-state index contributed by atoms with van der Waals surface area (Å²) in [5.74, 6) is -0.547. The number of nitro benzene ring substituents is 1. The van der Waals surface area contributed by atoms with Crippen molar-refractivity contribution in [2.24, 2.45) is 4.99 Å². The predicted octanol–water partition coefficient (Wildman–Crippen LogP) is 3.60. The van der Waals surface area contributed by atoms with Gasteiger partial charge in [-0.3, -0.25) is 19.5 Å². The maximum Gasteiger partial charge on any atom is 0.338 e. The van der Waals surface area contributed by atoms with Crippen LogP contribution in [0.25, 0.3) is 11.8 Å². The van der Waals surface area contributed by atoms with E-state index in [4.69, 9.17) is 9.73 Å². The van der Waals surface area contributed by atoms with E-state index in [0.29, 0.717) is 20.6 Å². The average molecular weight is 610 g/mol. The van der Waals surface area contributed by atoms with Crippen molar-refractivity contribution in [2.75, 3.05) is 44.7 Å². The number of anilines is 1. The number of esters is 1. The van der Waals surface area contributed by atoms with Crippen molar-refractivity contribution in [1.29, 1.82) is 0 Å². The number of thiazole rings is 1. The van der Waals surface area contributed by atoms with Crippen molar-refractivity contribution in [1.82, 2.24) is 9.47 Å². The number of ether oxygens (including phenoxy) is 1. The molecule has 0 radical (unpaired) electrons. The van der Waals surface area contributed by atoms with Crippen LogP contribution in [-0.2, 0) is 9.53 Å². The van der Waals surface area contributed by atoms with E-state index in [9.17, 15) is 19.7 Å². The van der Waals surface area contributed by atoms with Crippen LogP contribution in [0.5, 0.6) is 0 Å². The van der Waals surface area contributed by atoms with Gasteiger partial charge in [0.05, 0.1) is 33.4 Å². The Bertz CT molecular complexity index is 1930. The Kier molecular flexibility index (Phi) is 8.23. The highest BCUT2D eigenvalue weighted by Gasteiger charge is 2.35. The number of hydrogen-bond acceptors (Lipinski definition) is 9. The number of aromatic nitrogens is 1. The topological polar surface area (TPSA) is 110 Å². The van der Waals surface area contributed by atoms with Gasteiger partial charge in [0.1, 0.15) is 0 Å². The van der Waals surface area contributed by atoms with Crippen LogP contribution in [0.3, 0.4) is 0 Å². The number of carbonyl (C=O) groups excluding carboxylic acids is 1. The molecule has 11 heteroatoms. The molecule has 3 heterocycles. The zero-order valence-electron chi connectivity index (χ0n) is 24.4. The van der Waals surface area contributed by atoms with Crippen LogP contribution in [0.4, 0.5) is 11.4 Å². The molecule has 0 N–H and O–H groups in total. The van der Waals surface area contributed by atoms with Crippen LogP contribution in [0.15, 0.2) is 94.2 Å². The van der Waals surface area contributed by atoms with Gasteiger partial charge >= 0.3 is 5.97 Å². The Morgan fingerprint density at radius 2 is 1.73 bits per heavy atom. The van der Waals surface area contributed by atoms with Crippen molar-refractivity contribution in [3.63, 3.8) is 0 Å². The summed E-state index contributed by atoms with van der Waals surface area (Å²) in [6.45, 7) is 5.13. The Morgan fingerprint density at radius 3 is 2.39 bits per heavy atom. The number of nitro groups is 1. The van der Waals surface area contributed by atoms with Crippen molar-refractivity contribution in [3.8, 4) is 0 Å². The molecule has 4 aromatic rings. The molecule has 1 atom stereocenters. The highest BCUT2D eigenvalue weighted by atomic mass is 32.1. The summed E-state index contributed by atoms with van der Waals surface area (Å²) in [4.78, 5) is 48.9. The maximum atomic E-state index is 14.3.